The van der Waals surface area contributed by atoms with Crippen LogP contribution in [0.1, 0.15) is 30.5 Å². The van der Waals surface area contributed by atoms with Crippen LogP contribution in [0.25, 0.3) is 0 Å². The van der Waals surface area contributed by atoms with E-state index >= 15 is 0 Å². The predicted molar refractivity (Wildman–Crippen MR) is 145 cm³/mol. The van der Waals surface area contributed by atoms with E-state index in [9.17, 15) is 17.0 Å². The van der Waals surface area contributed by atoms with Crippen LogP contribution in [-0.2, 0) is 28.0 Å². The zero-order valence-electron chi connectivity index (χ0n) is 20.3. The third-order valence-electron chi connectivity index (χ3n) is 5.07. The number of halogens is 1. The Morgan fingerprint density at radius 3 is 2.42 bits per heavy atom. The van der Waals surface area contributed by atoms with E-state index in [1.54, 1.807) is 19.9 Å². The summed E-state index contributed by atoms with van der Waals surface area (Å²) in [5, 5.41) is 0. The van der Waals surface area contributed by atoms with Crippen LogP contribution in [0, 0.1) is 5.82 Å². The molecule has 2 aliphatic heterocycles. The number of hydrogen-bond donors (Lipinski definition) is 4. The summed E-state index contributed by atoms with van der Waals surface area (Å²) in [6.45, 7) is 3.88. The van der Waals surface area contributed by atoms with Gasteiger partial charge in [0, 0.05) is 0 Å². The molecule has 200 valence electrons. The van der Waals surface area contributed by atoms with Crippen LogP contribution < -0.4 is 30.4 Å². The molecular formula is C24H25FN6O5S2. The standard InChI is InChI=1S/C14H13N3O2S.C10H12FN3O3S/c15-14-13-11(16-20(18)17-14)7-4-8-12(13)19-9-10-5-2-1-3-6-10;1-5(2)17-9-6(11)3-4-7-8(9)10(12)14-18(15,16)13-7/h1-8,16H,9H2,(H2,15,17);3-5,13H,1-2H3,(H2,12,14). The van der Waals surface area contributed by atoms with E-state index in [0.717, 1.165) is 11.6 Å². The van der Waals surface area contributed by atoms with Crippen LogP contribution in [0.4, 0.5) is 15.8 Å². The summed E-state index contributed by atoms with van der Waals surface area (Å²) in [7, 11) is -3.87. The van der Waals surface area contributed by atoms with Crippen LogP contribution in [0.15, 0.2) is 69.5 Å². The lowest BCUT2D eigenvalue weighted by molar-refractivity contribution is 0.231. The molecule has 3 aromatic carbocycles. The molecule has 14 heteroatoms. The van der Waals surface area contributed by atoms with Gasteiger partial charge < -0.3 is 20.9 Å². The smallest absolute Gasteiger partial charge is 0.344 e. The largest absolute Gasteiger partial charge is 0.488 e. The van der Waals surface area contributed by atoms with E-state index in [1.807, 2.05) is 42.5 Å². The highest BCUT2D eigenvalue weighted by molar-refractivity contribution is 7.91. The van der Waals surface area contributed by atoms with Crippen molar-refractivity contribution in [3.8, 4) is 11.5 Å². The molecule has 3 aromatic rings. The SMILES string of the molecule is CC(C)Oc1c(F)ccc2c1C(N)=NS(=O)(=O)N2.NC1=NS(=O)Nc2cccc(OCc3ccccc3)c21. The van der Waals surface area contributed by atoms with Gasteiger partial charge in [0.25, 0.3) is 0 Å². The van der Waals surface area contributed by atoms with Crippen LogP contribution in [0.5, 0.6) is 11.5 Å². The average Bonchev–Trinajstić information content (AvgIpc) is 2.84. The quantitative estimate of drug-likeness (QED) is 0.372. The zero-order valence-corrected chi connectivity index (χ0v) is 22.0. The second-order valence-corrected chi connectivity index (χ2v) is 10.5. The topological polar surface area (TPSA) is 170 Å². The molecule has 0 fully saturated rings. The molecule has 0 bridgehead atoms. The molecule has 6 N–H and O–H groups in total. The summed E-state index contributed by atoms with van der Waals surface area (Å²) in [6.07, 6.45) is -0.280. The number of nitrogens with zero attached hydrogens (tertiary/aromatic N) is 2. The Bertz CT molecular complexity index is 1550. The Balaban J connectivity index is 0.000000178. The molecule has 0 saturated heterocycles. The second-order valence-electron chi connectivity index (χ2n) is 8.30. The van der Waals surface area contributed by atoms with Crippen molar-refractivity contribution in [2.24, 2.45) is 20.3 Å². The number of nitrogens with one attached hydrogen (secondary N) is 2. The van der Waals surface area contributed by atoms with Crippen LogP contribution in [0.2, 0.25) is 0 Å². The molecule has 0 spiro atoms. The molecule has 0 aliphatic carbocycles. The van der Waals surface area contributed by atoms with Gasteiger partial charge in [0.05, 0.1) is 28.6 Å². The van der Waals surface area contributed by atoms with Gasteiger partial charge in [-0.15, -0.1) is 4.40 Å². The van der Waals surface area contributed by atoms with E-state index < -0.39 is 27.2 Å². The van der Waals surface area contributed by atoms with Crippen molar-refractivity contribution in [2.75, 3.05) is 9.44 Å². The van der Waals surface area contributed by atoms with E-state index in [2.05, 4.69) is 18.2 Å². The Labute approximate surface area is 221 Å². The number of fused-ring (bicyclic) bond motifs is 2. The lowest BCUT2D eigenvalue weighted by Gasteiger charge is -2.20. The van der Waals surface area contributed by atoms with Gasteiger partial charge in [-0.2, -0.15) is 12.8 Å². The monoisotopic (exact) mass is 560 g/mol. The Morgan fingerprint density at radius 1 is 0.974 bits per heavy atom. The fourth-order valence-corrected chi connectivity index (χ4v) is 5.09. The maximum atomic E-state index is 13.7. The zero-order chi connectivity index (χ0) is 27.4. The molecule has 1 unspecified atom stereocenters. The minimum absolute atomic E-state index is 0.105. The van der Waals surface area contributed by atoms with E-state index in [-0.39, 0.29) is 34.8 Å². The average molecular weight is 561 g/mol. The molecule has 0 aromatic heterocycles. The summed E-state index contributed by atoms with van der Waals surface area (Å²) in [4.78, 5) is 0. The first-order valence-corrected chi connectivity index (χ1v) is 13.8. The number of amidine groups is 2. The fraction of sp³-hybridized carbons (Fsp3) is 0.167. The van der Waals surface area contributed by atoms with Crippen molar-refractivity contribution in [3.63, 3.8) is 0 Å². The van der Waals surface area contributed by atoms with E-state index in [4.69, 9.17) is 20.9 Å². The van der Waals surface area contributed by atoms with E-state index in [0.29, 0.717) is 23.6 Å². The number of nitrogens with two attached hydrogens (primary N) is 2. The lowest BCUT2D eigenvalue weighted by Crippen LogP contribution is -2.28. The number of rotatable bonds is 5. The molecule has 0 amide bonds. The number of anilines is 2. The molecule has 1 atom stereocenters. The van der Waals surface area contributed by atoms with Crippen molar-refractivity contribution in [2.45, 2.75) is 26.6 Å². The van der Waals surface area contributed by atoms with Crippen LogP contribution in [0.3, 0.4) is 0 Å². The molecule has 38 heavy (non-hydrogen) atoms. The van der Waals surface area contributed by atoms with Gasteiger partial charge in [-0.3, -0.25) is 9.44 Å². The summed E-state index contributed by atoms with van der Waals surface area (Å²) >= 11 is -1.52. The van der Waals surface area contributed by atoms with Crippen LogP contribution in [-0.4, -0.2) is 30.4 Å². The summed E-state index contributed by atoms with van der Waals surface area (Å²) < 4.78 is 70.9. The molecule has 0 saturated carbocycles. The number of ether oxygens (including phenoxy) is 2. The van der Waals surface area contributed by atoms with Crippen molar-refractivity contribution in [1.29, 1.82) is 0 Å². The molecule has 11 nitrogen and oxygen atoms in total. The van der Waals surface area contributed by atoms with Crippen molar-refractivity contribution >= 4 is 44.4 Å². The summed E-state index contributed by atoms with van der Waals surface area (Å²) in [6, 6.07) is 17.7. The highest BCUT2D eigenvalue weighted by Crippen LogP contribution is 2.33. The molecule has 2 aliphatic rings. The van der Waals surface area contributed by atoms with Crippen molar-refractivity contribution in [3.05, 3.63) is 83.2 Å². The molecular weight excluding hydrogens is 535 g/mol. The third kappa shape index (κ3) is 6.20. The Morgan fingerprint density at radius 2 is 1.71 bits per heavy atom. The van der Waals surface area contributed by atoms with Crippen molar-refractivity contribution < 1.29 is 26.5 Å². The predicted octanol–water partition coefficient (Wildman–Crippen LogP) is 2.96. The summed E-state index contributed by atoms with van der Waals surface area (Å²) in [5.74, 6) is -0.177. The van der Waals surface area contributed by atoms with Gasteiger partial charge in [0.2, 0.25) is 11.2 Å². The molecule has 2 heterocycles. The minimum atomic E-state index is -3.87. The normalized spacial score (nSPS) is 16.8. The molecule has 0 radical (unpaired) electrons. The van der Waals surface area contributed by atoms with Gasteiger partial charge in [-0.25, -0.2) is 8.60 Å². The number of hydrogen-bond acceptors (Lipinski definition) is 7. The fourth-order valence-electron chi connectivity index (χ4n) is 3.57. The first kappa shape index (κ1) is 26.9. The molecule has 5 rings (SSSR count). The van der Waals surface area contributed by atoms with Crippen LogP contribution >= 0.6 is 0 Å². The minimum Gasteiger partial charge on any atom is -0.488 e. The highest BCUT2D eigenvalue weighted by atomic mass is 32.2. The second kappa shape index (κ2) is 11.1. The van der Waals surface area contributed by atoms with Gasteiger partial charge in [-0.05, 0) is 43.7 Å². The Hall–Kier alpha value is -4.17. The maximum Gasteiger partial charge on any atom is 0.344 e. The van der Waals surface area contributed by atoms with Gasteiger partial charge >= 0.3 is 10.2 Å². The van der Waals surface area contributed by atoms with E-state index in [1.165, 1.54) is 6.07 Å². The van der Waals surface area contributed by atoms with Gasteiger partial charge in [-0.1, -0.05) is 36.4 Å². The maximum absolute atomic E-state index is 13.7. The lowest BCUT2D eigenvalue weighted by atomic mass is 10.1. The third-order valence-corrected chi connectivity index (χ3v) is 6.75. The highest BCUT2D eigenvalue weighted by Gasteiger charge is 2.27. The first-order valence-electron chi connectivity index (χ1n) is 11.2. The number of benzene rings is 3. The summed E-state index contributed by atoms with van der Waals surface area (Å²) in [5.41, 5.74) is 14.1. The van der Waals surface area contributed by atoms with Crippen molar-refractivity contribution in [1.82, 2.24) is 0 Å². The first-order chi connectivity index (χ1) is 18.0. The van der Waals surface area contributed by atoms with Gasteiger partial charge in [0.15, 0.2) is 17.4 Å². The van der Waals surface area contributed by atoms with Gasteiger partial charge in [0.1, 0.15) is 18.2 Å². The Kier molecular flexibility index (Phi) is 7.83.